The molecular weight excluding hydrogens is 799 g/mol. The summed E-state index contributed by atoms with van der Waals surface area (Å²) in [5.74, 6) is 0. The van der Waals surface area contributed by atoms with Crippen molar-refractivity contribution in [1.29, 1.82) is 0 Å². The molecule has 1 aromatic heterocycles. The first-order valence-electron chi connectivity index (χ1n) is 23.1. The minimum absolute atomic E-state index is 0.122. The Bertz CT molecular complexity index is 3780. The predicted molar refractivity (Wildman–Crippen MR) is 273 cm³/mol. The Balaban J connectivity index is 0.949. The molecule has 1 spiro atoms. The highest BCUT2D eigenvalue weighted by molar-refractivity contribution is 6.13. The minimum atomic E-state index is -0.540. The van der Waals surface area contributed by atoms with Crippen molar-refractivity contribution >= 4 is 39.0 Å². The van der Waals surface area contributed by atoms with Crippen LogP contribution in [-0.2, 0) is 10.8 Å². The summed E-state index contributed by atoms with van der Waals surface area (Å²) in [4.78, 5) is 2.42. The van der Waals surface area contributed by atoms with Crippen LogP contribution >= 0.6 is 0 Å². The van der Waals surface area contributed by atoms with E-state index in [1.165, 1.54) is 89.0 Å². The number of para-hydroxylation sites is 1. The van der Waals surface area contributed by atoms with Crippen molar-refractivity contribution in [2.45, 2.75) is 24.7 Å². The lowest BCUT2D eigenvalue weighted by atomic mass is 9.68. The fraction of sp³-hybridized carbons (Fsp3) is 0.0625. The normalized spacial score (nSPS) is 15.6. The van der Waals surface area contributed by atoms with Crippen LogP contribution in [-0.4, -0.2) is 0 Å². The Morgan fingerprint density at radius 3 is 1.65 bits per heavy atom. The first kappa shape index (κ1) is 37.2. The minimum Gasteiger partial charge on any atom is -0.455 e. The quantitative estimate of drug-likeness (QED) is 0.172. The number of hydrogen-bond donors (Lipinski definition) is 0. The molecule has 0 aliphatic heterocycles. The van der Waals surface area contributed by atoms with Gasteiger partial charge in [0.25, 0.3) is 0 Å². The van der Waals surface area contributed by atoms with E-state index in [-0.39, 0.29) is 5.41 Å². The Morgan fingerprint density at radius 2 is 0.894 bits per heavy atom. The van der Waals surface area contributed by atoms with Crippen LogP contribution < -0.4 is 4.90 Å². The van der Waals surface area contributed by atoms with Gasteiger partial charge in [-0.1, -0.05) is 196 Å². The highest BCUT2D eigenvalue weighted by Gasteiger charge is 2.53. The third-order valence-corrected chi connectivity index (χ3v) is 15.1. The molecule has 0 bridgehead atoms. The fourth-order valence-electron chi connectivity index (χ4n) is 12.2. The molecule has 2 nitrogen and oxygen atoms in total. The molecule has 3 aliphatic rings. The third kappa shape index (κ3) is 4.96. The summed E-state index contributed by atoms with van der Waals surface area (Å²) in [7, 11) is 0. The topological polar surface area (TPSA) is 16.4 Å². The monoisotopic (exact) mass is 841 g/mol. The van der Waals surface area contributed by atoms with E-state index in [4.69, 9.17) is 4.42 Å². The van der Waals surface area contributed by atoms with Gasteiger partial charge in [-0.05, 0) is 126 Å². The van der Waals surface area contributed by atoms with Crippen LogP contribution in [0.15, 0.2) is 229 Å². The summed E-state index contributed by atoms with van der Waals surface area (Å²) in [6, 6.07) is 83.1. The van der Waals surface area contributed by atoms with Crippen molar-refractivity contribution in [3.8, 4) is 55.6 Å². The molecule has 0 amide bonds. The van der Waals surface area contributed by atoms with Crippen molar-refractivity contribution in [3.05, 3.63) is 258 Å². The Labute approximate surface area is 384 Å². The van der Waals surface area contributed by atoms with E-state index < -0.39 is 5.41 Å². The molecule has 14 rings (SSSR count). The van der Waals surface area contributed by atoms with E-state index in [9.17, 15) is 0 Å². The van der Waals surface area contributed by atoms with Crippen LogP contribution in [0.25, 0.3) is 77.6 Å². The lowest BCUT2D eigenvalue weighted by molar-refractivity contribution is 0.660. The zero-order chi connectivity index (χ0) is 43.7. The van der Waals surface area contributed by atoms with E-state index in [2.05, 4.69) is 243 Å². The van der Waals surface area contributed by atoms with Gasteiger partial charge in [0.1, 0.15) is 11.2 Å². The predicted octanol–water partition coefficient (Wildman–Crippen LogP) is 17.0. The summed E-state index contributed by atoms with van der Waals surface area (Å²) in [6.45, 7) is 4.72. The van der Waals surface area contributed by atoms with Gasteiger partial charge < -0.3 is 9.32 Å². The SMILES string of the molecule is CC1(C)c2ccccc2-c2ccc(N(c3ccc(-c4ccccc4)cc3)c3ccc(-c4cccc5c4C4(c6ccccc6-5)c5ccccc5-c5c4ccc4c5oc5ccccc54)cc3)cc21. The second-order valence-electron chi connectivity index (χ2n) is 18.7. The van der Waals surface area contributed by atoms with Gasteiger partial charge in [0.05, 0.1) is 5.41 Å². The average Bonchev–Trinajstić information content (AvgIpc) is 4.07. The molecule has 0 saturated heterocycles. The number of anilines is 3. The molecule has 1 heterocycles. The van der Waals surface area contributed by atoms with Crippen LogP contribution in [0.4, 0.5) is 17.1 Å². The van der Waals surface area contributed by atoms with Crippen LogP contribution in [0.1, 0.15) is 47.2 Å². The van der Waals surface area contributed by atoms with E-state index in [0.717, 1.165) is 39.0 Å². The first-order chi connectivity index (χ1) is 32.5. The number of rotatable bonds is 5. The van der Waals surface area contributed by atoms with Crippen molar-refractivity contribution < 1.29 is 4.42 Å². The number of hydrogen-bond acceptors (Lipinski definition) is 2. The summed E-state index contributed by atoms with van der Waals surface area (Å²) in [5, 5.41) is 2.30. The summed E-state index contributed by atoms with van der Waals surface area (Å²) >= 11 is 0. The molecule has 10 aromatic carbocycles. The van der Waals surface area contributed by atoms with Crippen molar-refractivity contribution in [3.63, 3.8) is 0 Å². The van der Waals surface area contributed by atoms with Crippen molar-refractivity contribution in [1.82, 2.24) is 0 Å². The molecule has 2 heteroatoms. The molecular formula is C64H43NO. The van der Waals surface area contributed by atoms with Crippen molar-refractivity contribution in [2.75, 3.05) is 4.90 Å². The van der Waals surface area contributed by atoms with E-state index in [1.807, 2.05) is 0 Å². The van der Waals surface area contributed by atoms with Crippen molar-refractivity contribution in [2.24, 2.45) is 0 Å². The van der Waals surface area contributed by atoms with Gasteiger partial charge in [-0.25, -0.2) is 0 Å². The van der Waals surface area contributed by atoms with E-state index >= 15 is 0 Å². The molecule has 1 atom stereocenters. The van der Waals surface area contributed by atoms with Crippen LogP contribution in [0, 0.1) is 0 Å². The zero-order valence-electron chi connectivity index (χ0n) is 36.7. The molecule has 1 unspecified atom stereocenters. The molecule has 11 aromatic rings. The lowest BCUT2D eigenvalue weighted by Gasteiger charge is -2.32. The number of nitrogens with zero attached hydrogens (tertiary/aromatic N) is 1. The summed E-state index contributed by atoms with van der Waals surface area (Å²) < 4.78 is 6.83. The fourth-order valence-corrected chi connectivity index (χ4v) is 12.2. The molecule has 0 radical (unpaired) electrons. The average molecular weight is 842 g/mol. The maximum Gasteiger partial charge on any atom is 0.143 e. The van der Waals surface area contributed by atoms with E-state index in [0.29, 0.717) is 0 Å². The number of benzene rings is 10. The van der Waals surface area contributed by atoms with Gasteiger partial charge in [0.15, 0.2) is 0 Å². The molecule has 0 fully saturated rings. The smallest absolute Gasteiger partial charge is 0.143 e. The Morgan fingerprint density at radius 1 is 0.348 bits per heavy atom. The van der Waals surface area contributed by atoms with Crippen LogP contribution in [0.2, 0.25) is 0 Å². The van der Waals surface area contributed by atoms with Gasteiger partial charge in [-0.2, -0.15) is 0 Å². The zero-order valence-corrected chi connectivity index (χ0v) is 36.7. The van der Waals surface area contributed by atoms with Gasteiger partial charge in [0.2, 0.25) is 0 Å². The second kappa shape index (κ2) is 13.7. The third-order valence-electron chi connectivity index (χ3n) is 15.1. The molecule has 3 aliphatic carbocycles. The second-order valence-corrected chi connectivity index (χ2v) is 18.7. The molecule has 0 saturated carbocycles. The number of furan rings is 1. The van der Waals surface area contributed by atoms with E-state index in [1.54, 1.807) is 0 Å². The lowest BCUT2D eigenvalue weighted by Crippen LogP contribution is -2.26. The highest BCUT2D eigenvalue weighted by atomic mass is 16.3. The number of fused-ring (bicyclic) bond motifs is 17. The summed E-state index contributed by atoms with van der Waals surface area (Å²) in [6.07, 6.45) is 0. The van der Waals surface area contributed by atoms with Gasteiger partial charge in [-0.15, -0.1) is 0 Å². The maximum atomic E-state index is 6.83. The largest absolute Gasteiger partial charge is 0.455 e. The molecule has 0 N–H and O–H groups in total. The van der Waals surface area contributed by atoms with Crippen LogP contribution in [0.3, 0.4) is 0 Å². The Hall–Kier alpha value is -8.20. The van der Waals surface area contributed by atoms with Crippen LogP contribution in [0.5, 0.6) is 0 Å². The highest BCUT2D eigenvalue weighted by Crippen LogP contribution is 2.65. The standard InChI is InChI=1S/C64H43NO/c1-63(2)54-23-10-6-17-47(54)49-36-35-45(39-58(49)63)65(43-31-27-41(28-32-43)40-15-4-3-5-16-40)44-33-29-42(30-34-44)46-21-14-22-51-48-18-7-11-24-55(48)64(61(46)51)56-25-12-8-20-53(56)60-57(64)38-37-52-50-19-9-13-26-59(50)66-62(52)60/h3-39H,1-2H3. The maximum absolute atomic E-state index is 6.83. The van der Waals surface area contributed by atoms with Gasteiger partial charge in [-0.3, -0.25) is 0 Å². The molecule has 66 heavy (non-hydrogen) atoms. The van der Waals surface area contributed by atoms with Gasteiger partial charge in [0, 0.05) is 38.8 Å². The Kier molecular flexibility index (Phi) is 7.70. The summed E-state index contributed by atoms with van der Waals surface area (Å²) in [5.41, 5.74) is 25.0. The molecule has 310 valence electrons. The first-order valence-corrected chi connectivity index (χ1v) is 23.1. The van der Waals surface area contributed by atoms with Gasteiger partial charge >= 0.3 is 0 Å².